The minimum absolute atomic E-state index is 0.228. The first-order chi connectivity index (χ1) is 8.00. The molecular formula is C12H16N2O3. The summed E-state index contributed by atoms with van der Waals surface area (Å²) in [4.78, 5) is 22.0. The van der Waals surface area contributed by atoms with Gasteiger partial charge in [-0.15, -0.1) is 0 Å². The molecule has 0 fully saturated rings. The molecule has 92 valence electrons. The number of carboxylic acids is 1. The van der Waals surface area contributed by atoms with Crippen molar-refractivity contribution in [2.24, 2.45) is 0 Å². The normalized spacial score (nSPS) is 11.8. The monoisotopic (exact) mass is 236 g/mol. The van der Waals surface area contributed by atoms with Gasteiger partial charge in [-0.2, -0.15) is 0 Å². The van der Waals surface area contributed by atoms with Crippen molar-refractivity contribution in [3.05, 3.63) is 29.8 Å². The molecule has 0 heterocycles. The average molecular weight is 236 g/mol. The lowest BCUT2D eigenvalue weighted by atomic mass is 10.1. The van der Waals surface area contributed by atoms with E-state index in [2.05, 4.69) is 5.32 Å². The van der Waals surface area contributed by atoms with Crippen LogP contribution in [0.3, 0.4) is 0 Å². The quantitative estimate of drug-likeness (QED) is 0.659. The zero-order chi connectivity index (χ0) is 12.8. The van der Waals surface area contributed by atoms with Gasteiger partial charge in [0, 0.05) is 12.1 Å². The van der Waals surface area contributed by atoms with Crippen LogP contribution in [0.1, 0.15) is 18.9 Å². The number of nitrogens with one attached hydrogen (secondary N) is 1. The van der Waals surface area contributed by atoms with Gasteiger partial charge in [0.25, 0.3) is 0 Å². The van der Waals surface area contributed by atoms with Gasteiger partial charge in [-0.05, 0) is 25.0 Å². The van der Waals surface area contributed by atoms with Crippen LogP contribution in [-0.2, 0) is 16.0 Å². The maximum absolute atomic E-state index is 11.4. The van der Waals surface area contributed by atoms with Gasteiger partial charge < -0.3 is 16.2 Å². The van der Waals surface area contributed by atoms with Crippen LogP contribution in [-0.4, -0.2) is 23.0 Å². The molecule has 0 saturated carbocycles. The fourth-order valence-electron chi connectivity index (χ4n) is 1.39. The third-order valence-electron chi connectivity index (χ3n) is 2.42. The van der Waals surface area contributed by atoms with E-state index in [0.29, 0.717) is 12.1 Å². The minimum atomic E-state index is -1.04. The number of aryl methyl sites for hydroxylation is 1. The third-order valence-corrected chi connectivity index (χ3v) is 2.42. The molecule has 5 nitrogen and oxygen atoms in total. The van der Waals surface area contributed by atoms with E-state index < -0.39 is 12.0 Å². The second-order valence-corrected chi connectivity index (χ2v) is 3.83. The van der Waals surface area contributed by atoms with Gasteiger partial charge in [0.1, 0.15) is 6.04 Å². The molecule has 1 unspecified atom stereocenters. The molecule has 0 saturated heterocycles. The predicted octanol–water partition coefficient (Wildman–Crippen LogP) is 0.791. The van der Waals surface area contributed by atoms with Gasteiger partial charge in [-0.3, -0.25) is 9.59 Å². The second-order valence-electron chi connectivity index (χ2n) is 3.83. The van der Waals surface area contributed by atoms with E-state index in [1.165, 1.54) is 6.92 Å². The van der Waals surface area contributed by atoms with E-state index >= 15 is 0 Å². The summed E-state index contributed by atoms with van der Waals surface area (Å²) in [5.74, 6) is -1.33. The van der Waals surface area contributed by atoms with E-state index in [1.54, 1.807) is 6.07 Å². The molecule has 0 bridgehead atoms. The lowest BCUT2D eigenvalue weighted by molar-refractivity contribution is -0.141. The maximum Gasteiger partial charge on any atom is 0.325 e. The summed E-state index contributed by atoms with van der Waals surface area (Å²) in [6, 6.07) is 6.43. The molecule has 1 aromatic carbocycles. The highest BCUT2D eigenvalue weighted by molar-refractivity contribution is 5.83. The highest BCUT2D eigenvalue weighted by Crippen LogP contribution is 2.12. The fourth-order valence-corrected chi connectivity index (χ4v) is 1.39. The Bertz CT molecular complexity index is 418. The van der Waals surface area contributed by atoms with Crippen molar-refractivity contribution in [3.63, 3.8) is 0 Å². The number of nitrogens with two attached hydrogens (primary N) is 1. The van der Waals surface area contributed by atoms with Crippen molar-refractivity contribution in [1.29, 1.82) is 0 Å². The Balaban J connectivity index is 2.44. The second kappa shape index (κ2) is 5.89. The highest BCUT2D eigenvalue weighted by atomic mass is 16.4. The zero-order valence-electron chi connectivity index (χ0n) is 9.64. The summed E-state index contributed by atoms with van der Waals surface area (Å²) in [7, 11) is 0. The van der Waals surface area contributed by atoms with Gasteiger partial charge in [-0.25, -0.2) is 0 Å². The zero-order valence-corrected chi connectivity index (χ0v) is 9.64. The van der Waals surface area contributed by atoms with Crippen LogP contribution >= 0.6 is 0 Å². The number of rotatable bonds is 5. The molecule has 4 N–H and O–H groups in total. The first kappa shape index (κ1) is 13.0. The summed E-state index contributed by atoms with van der Waals surface area (Å²) in [6.45, 7) is 1.43. The van der Waals surface area contributed by atoms with Crippen LogP contribution in [0, 0.1) is 0 Å². The van der Waals surface area contributed by atoms with Crippen LogP contribution in [0.4, 0.5) is 5.69 Å². The van der Waals surface area contributed by atoms with Crippen LogP contribution in [0.15, 0.2) is 24.3 Å². The van der Waals surface area contributed by atoms with Crippen LogP contribution < -0.4 is 11.1 Å². The van der Waals surface area contributed by atoms with Crippen molar-refractivity contribution < 1.29 is 14.7 Å². The lowest BCUT2D eigenvalue weighted by Crippen LogP contribution is -2.38. The van der Waals surface area contributed by atoms with Gasteiger partial charge in [0.15, 0.2) is 0 Å². The molecule has 17 heavy (non-hydrogen) atoms. The summed E-state index contributed by atoms with van der Waals surface area (Å²) in [6.07, 6.45) is 0.733. The van der Waals surface area contributed by atoms with Crippen molar-refractivity contribution >= 4 is 17.6 Å². The number of hydrogen-bond acceptors (Lipinski definition) is 3. The Morgan fingerprint density at radius 1 is 1.41 bits per heavy atom. The van der Waals surface area contributed by atoms with E-state index in [9.17, 15) is 9.59 Å². The van der Waals surface area contributed by atoms with E-state index in [1.807, 2.05) is 18.2 Å². The van der Waals surface area contributed by atoms with Gasteiger partial charge >= 0.3 is 5.97 Å². The summed E-state index contributed by atoms with van der Waals surface area (Å²) in [5, 5.41) is 11.0. The Labute approximate surface area is 99.6 Å². The number of hydrogen-bond donors (Lipinski definition) is 3. The average Bonchev–Trinajstić information content (AvgIpc) is 2.27. The number of benzene rings is 1. The summed E-state index contributed by atoms with van der Waals surface area (Å²) >= 11 is 0. The lowest BCUT2D eigenvalue weighted by Gasteiger charge is -2.09. The first-order valence-corrected chi connectivity index (χ1v) is 5.36. The topological polar surface area (TPSA) is 92.4 Å². The molecule has 0 aliphatic heterocycles. The first-order valence-electron chi connectivity index (χ1n) is 5.36. The number of anilines is 1. The predicted molar refractivity (Wildman–Crippen MR) is 64.4 cm³/mol. The van der Waals surface area contributed by atoms with Crippen LogP contribution in [0.25, 0.3) is 0 Å². The number of carboxylic acid groups (broad SMARTS) is 1. The van der Waals surface area contributed by atoms with E-state index in [4.69, 9.17) is 10.8 Å². The van der Waals surface area contributed by atoms with Crippen molar-refractivity contribution in [2.75, 3.05) is 5.73 Å². The third kappa shape index (κ3) is 4.14. The van der Waals surface area contributed by atoms with Gasteiger partial charge in [0.2, 0.25) is 5.91 Å². The van der Waals surface area contributed by atoms with Crippen molar-refractivity contribution in [2.45, 2.75) is 25.8 Å². The number of aliphatic carboxylic acids is 1. The van der Waals surface area contributed by atoms with Crippen LogP contribution in [0.2, 0.25) is 0 Å². The number of carbonyl (C=O) groups is 2. The number of nitrogen functional groups attached to an aromatic ring is 1. The molecule has 0 radical (unpaired) electrons. The minimum Gasteiger partial charge on any atom is -0.480 e. The molecule has 1 aromatic rings. The smallest absolute Gasteiger partial charge is 0.325 e. The van der Waals surface area contributed by atoms with Crippen molar-refractivity contribution in [1.82, 2.24) is 5.32 Å². The largest absolute Gasteiger partial charge is 0.480 e. The number of para-hydroxylation sites is 1. The number of carbonyl (C=O) groups excluding carboxylic acids is 1. The Morgan fingerprint density at radius 2 is 2.06 bits per heavy atom. The SMILES string of the molecule is CC(NC(=O)CCc1ccccc1N)C(=O)O. The molecule has 1 atom stereocenters. The molecule has 0 aliphatic rings. The summed E-state index contributed by atoms with van der Waals surface area (Å²) < 4.78 is 0. The Hall–Kier alpha value is -2.04. The van der Waals surface area contributed by atoms with Gasteiger partial charge in [-0.1, -0.05) is 18.2 Å². The molecule has 0 aromatic heterocycles. The fraction of sp³-hybridized carbons (Fsp3) is 0.333. The molecular weight excluding hydrogens is 220 g/mol. The standard InChI is InChI=1S/C12H16N2O3/c1-8(12(16)17)14-11(15)7-6-9-4-2-3-5-10(9)13/h2-5,8H,6-7,13H2,1H3,(H,14,15)(H,16,17). The Morgan fingerprint density at radius 3 is 2.65 bits per heavy atom. The number of amides is 1. The molecule has 5 heteroatoms. The highest BCUT2D eigenvalue weighted by Gasteiger charge is 2.13. The maximum atomic E-state index is 11.4. The molecule has 1 amide bonds. The molecule has 1 rings (SSSR count). The van der Waals surface area contributed by atoms with Gasteiger partial charge in [0.05, 0.1) is 0 Å². The Kier molecular flexibility index (Phi) is 4.51. The van der Waals surface area contributed by atoms with Crippen molar-refractivity contribution in [3.8, 4) is 0 Å². The molecule has 0 spiro atoms. The summed E-state index contributed by atoms with van der Waals surface area (Å²) in [5.41, 5.74) is 7.27. The van der Waals surface area contributed by atoms with Crippen LogP contribution in [0.5, 0.6) is 0 Å². The van der Waals surface area contributed by atoms with E-state index in [-0.39, 0.29) is 12.3 Å². The molecule has 0 aliphatic carbocycles. The van der Waals surface area contributed by atoms with E-state index in [0.717, 1.165) is 5.56 Å².